The number of carbonyl (C=O) groups excluding carboxylic acids is 3. The molecule has 2 fully saturated rings. The molecule has 2 aromatic rings. The van der Waals surface area contributed by atoms with Crippen molar-refractivity contribution in [2.75, 3.05) is 19.6 Å². The zero-order valence-corrected chi connectivity index (χ0v) is 18.6. The third kappa shape index (κ3) is 4.40. The average molecular weight is 434 g/mol. The van der Waals surface area contributed by atoms with Gasteiger partial charge in [-0.3, -0.25) is 14.5 Å². The fourth-order valence-electron chi connectivity index (χ4n) is 4.95. The first-order chi connectivity index (χ1) is 15.5. The maximum Gasteiger partial charge on any atom is 0.325 e. The molecule has 0 aromatic heterocycles. The van der Waals surface area contributed by atoms with Gasteiger partial charge in [0.25, 0.3) is 5.91 Å². The summed E-state index contributed by atoms with van der Waals surface area (Å²) in [5, 5.41) is 2.89. The Labute approximate surface area is 189 Å². The highest BCUT2D eigenvalue weighted by atomic mass is 16.2. The van der Waals surface area contributed by atoms with Gasteiger partial charge in [0.1, 0.15) is 12.1 Å². The number of hydrogen-bond donors (Lipinski definition) is 1. The number of likely N-dealkylation sites (tertiary alicyclic amines) is 1. The summed E-state index contributed by atoms with van der Waals surface area (Å²) in [7, 11) is 0. The first kappa shape index (κ1) is 22.1. The van der Waals surface area contributed by atoms with Crippen LogP contribution in [0.4, 0.5) is 4.79 Å². The van der Waals surface area contributed by atoms with E-state index >= 15 is 0 Å². The summed E-state index contributed by atoms with van der Waals surface area (Å²) in [6.07, 6.45) is 4.12. The number of rotatable bonds is 7. The van der Waals surface area contributed by atoms with Gasteiger partial charge in [0.15, 0.2) is 0 Å². The number of nitrogens with one attached hydrogen (secondary N) is 1. The van der Waals surface area contributed by atoms with Gasteiger partial charge in [0, 0.05) is 13.1 Å². The number of nitrogens with zero attached hydrogens (tertiary/aromatic N) is 2. The Morgan fingerprint density at radius 1 is 1.00 bits per heavy atom. The molecular formula is C26H31N3O3. The Hall–Kier alpha value is -3.15. The molecule has 0 saturated carbocycles. The highest BCUT2D eigenvalue weighted by Gasteiger charge is 2.52. The average Bonchev–Trinajstić information content (AvgIpc) is 3.06. The molecule has 0 radical (unpaired) electrons. The van der Waals surface area contributed by atoms with Crippen molar-refractivity contribution in [1.29, 1.82) is 0 Å². The van der Waals surface area contributed by atoms with Crippen molar-refractivity contribution in [3.63, 3.8) is 0 Å². The smallest absolute Gasteiger partial charge is 0.325 e. The second-order valence-electron chi connectivity index (χ2n) is 8.86. The first-order valence-electron chi connectivity index (χ1n) is 11.5. The van der Waals surface area contributed by atoms with E-state index in [1.807, 2.05) is 43.3 Å². The van der Waals surface area contributed by atoms with E-state index < -0.39 is 11.6 Å². The Morgan fingerprint density at radius 2 is 1.62 bits per heavy atom. The van der Waals surface area contributed by atoms with Crippen LogP contribution in [0.1, 0.15) is 43.7 Å². The van der Waals surface area contributed by atoms with Crippen LogP contribution in [0, 0.1) is 5.92 Å². The lowest BCUT2D eigenvalue weighted by molar-refractivity contribution is -0.140. The molecule has 0 spiro atoms. The molecule has 0 unspecified atom stereocenters. The van der Waals surface area contributed by atoms with Gasteiger partial charge >= 0.3 is 6.03 Å². The van der Waals surface area contributed by atoms with Crippen molar-refractivity contribution in [3.8, 4) is 0 Å². The minimum Gasteiger partial charge on any atom is -0.341 e. The Bertz CT molecular complexity index is 955. The molecule has 0 aliphatic carbocycles. The summed E-state index contributed by atoms with van der Waals surface area (Å²) in [4.78, 5) is 42.0. The van der Waals surface area contributed by atoms with E-state index in [1.54, 1.807) is 4.90 Å². The van der Waals surface area contributed by atoms with Gasteiger partial charge in [-0.2, -0.15) is 0 Å². The first-order valence-corrected chi connectivity index (χ1v) is 11.5. The second kappa shape index (κ2) is 9.55. The SMILES string of the molecule is CCC[C@@]1(c2ccccc2)NC(=O)N(CC(=O)N2CCC(Cc3ccccc3)CC2)C1=O. The molecule has 2 saturated heterocycles. The topological polar surface area (TPSA) is 69.7 Å². The molecule has 4 rings (SSSR count). The lowest BCUT2D eigenvalue weighted by atomic mass is 9.85. The normalized spacial score (nSPS) is 21.7. The molecule has 1 atom stereocenters. The highest BCUT2D eigenvalue weighted by Crippen LogP contribution is 2.33. The predicted molar refractivity (Wildman–Crippen MR) is 123 cm³/mol. The van der Waals surface area contributed by atoms with Crippen LogP contribution in [-0.4, -0.2) is 47.3 Å². The second-order valence-corrected chi connectivity index (χ2v) is 8.86. The van der Waals surface area contributed by atoms with Gasteiger partial charge in [-0.15, -0.1) is 0 Å². The fourth-order valence-corrected chi connectivity index (χ4v) is 4.95. The number of hydrogen-bond acceptors (Lipinski definition) is 3. The quantitative estimate of drug-likeness (QED) is 0.677. The van der Waals surface area contributed by atoms with E-state index in [4.69, 9.17) is 0 Å². The van der Waals surface area contributed by atoms with Gasteiger partial charge in [-0.1, -0.05) is 74.0 Å². The van der Waals surface area contributed by atoms with Crippen LogP contribution in [-0.2, 0) is 21.5 Å². The Balaban J connectivity index is 1.38. The van der Waals surface area contributed by atoms with E-state index in [2.05, 4.69) is 29.6 Å². The van der Waals surface area contributed by atoms with Crippen LogP contribution in [0.3, 0.4) is 0 Å². The molecule has 168 valence electrons. The summed E-state index contributed by atoms with van der Waals surface area (Å²) in [6.45, 7) is 3.11. The standard InChI is InChI=1S/C26H31N3O3/c1-2-15-26(22-11-7-4-8-12-22)24(31)29(25(32)27-26)19-23(30)28-16-13-21(14-17-28)18-20-9-5-3-6-10-20/h3-12,21H,2,13-19H2,1H3,(H,27,32)/t26-/m0/s1. The van der Waals surface area contributed by atoms with Crippen LogP contribution in [0.25, 0.3) is 0 Å². The van der Waals surface area contributed by atoms with E-state index in [1.165, 1.54) is 5.56 Å². The van der Waals surface area contributed by atoms with Gasteiger partial charge in [-0.05, 0) is 42.7 Å². The fraction of sp³-hybridized carbons (Fsp3) is 0.423. The zero-order chi connectivity index (χ0) is 22.6. The van der Waals surface area contributed by atoms with Crippen LogP contribution < -0.4 is 5.32 Å². The Morgan fingerprint density at radius 3 is 2.25 bits per heavy atom. The number of piperidine rings is 1. The molecule has 6 heteroatoms. The van der Waals surface area contributed by atoms with Crippen LogP contribution in [0.2, 0.25) is 0 Å². The van der Waals surface area contributed by atoms with Crippen molar-refractivity contribution in [2.45, 2.75) is 44.6 Å². The van der Waals surface area contributed by atoms with Gasteiger partial charge in [0.05, 0.1) is 0 Å². The summed E-state index contributed by atoms with van der Waals surface area (Å²) >= 11 is 0. The van der Waals surface area contributed by atoms with E-state index in [0.717, 1.165) is 36.1 Å². The summed E-state index contributed by atoms with van der Waals surface area (Å²) in [5.41, 5.74) is 0.998. The van der Waals surface area contributed by atoms with Crippen molar-refractivity contribution in [1.82, 2.24) is 15.1 Å². The molecule has 2 aromatic carbocycles. The van der Waals surface area contributed by atoms with Crippen LogP contribution in [0.5, 0.6) is 0 Å². The van der Waals surface area contributed by atoms with Crippen molar-refractivity contribution in [2.24, 2.45) is 5.92 Å². The summed E-state index contributed by atoms with van der Waals surface area (Å²) < 4.78 is 0. The predicted octanol–water partition coefficient (Wildman–Crippen LogP) is 3.72. The third-order valence-corrected chi connectivity index (χ3v) is 6.70. The maximum atomic E-state index is 13.4. The van der Waals surface area contributed by atoms with Crippen LogP contribution >= 0.6 is 0 Å². The maximum absolute atomic E-state index is 13.4. The summed E-state index contributed by atoms with van der Waals surface area (Å²) in [5.74, 6) is 0.0586. The zero-order valence-electron chi connectivity index (χ0n) is 18.6. The minimum atomic E-state index is -1.09. The number of imide groups is 1. The molecule has 6 nitrogen and oxygen atoms in total. The van der Waals surface area contributed by atoms with E-state index in [-0.39, 0.29) is 18.4 Å². The largest absolute Gasteiger partial charge is 0.341 e. The van der Waals surface area contributed by atoms with Gasteiger partial charge in [-0.25, -0.2) is 4.79 Å². The van der Waals surface area contributed by atoms with Crippen molar-refractivity contribution < 1.29 is 14.4 Å². The van der Waals surface area contributed by atoms with E-state index in [9.17, 15) is 14.4 Å². The number of benzene rings is 2. The number of amides is 4. The highest BCUT2D eigenvalue weighted by molar-refractivity contribution is 6.09. The van der Waals surface area contributed by atoms with Crippen molar-refractivity contribution >= 4 is 17.8 Å². The van der Waals surface area contributed by atoms with Crippen molar-refractivity contribution in [3.05, 3.63) is 71.8 Å². The molecule has 4 amide bonds. The summed E-state index contributed by atoms with van der Waals surface area (Å²) in [6, 6.07) is 19.3. The molecule has 0 bridgehead atoms. The minimum absolute atomic E-state index is 0.160. The molecule has 32 heavy (non-hydrogen) atoms. The monoisotopic (exact) mass is 433 g/mol. The van der Waals surface area contributed by atoms with Gasteiger partial charge in [0.2, 0.25) is 5.91 Å². The molecular weight excluding hydrogens is 402 g/mol. The molecule has 2 aliphatic heterocycles. The Kier molecular flexibility index (Phi) is 6.58. The molecule has 1 N–H and O–H groups in total. The molecule has 2 heterocycles. The molecule has 2 aliphatic rings. The number of carbonyl (C=O) groups is 3. The van der Waals surface area contributed by atoms with E-state index in [0.29, 0.717) is 25.4 Å². The van der Waals surface area contributed by atoms with Crippen LogP contribution in [0.15, 0.2) is 60.7 Å². The third-order valence-electron chi connectivity index (χ3n) is 6.70. The number of urea groups is 1. The lowest BCUT2D eigenvalue weighted by Gasteiger charge is -2.33. The van der Waals surface area contributed by atoms with Gasteiger partial charge < -0.3 is 10.2 Å². The lowest BCUT2D eigenvalue weighted by Crippen LogP contribution is -2.47.